The molecule has 0 aliphatic heterocycles. The molecule has 0 amide bonds. The molecular weight excluding hydrogens is 204 g/mol. The average molecular weight is 228 g/mol. The highest BCUT2D eigenvalue weighted by Gasteiger charge is 2.47. The molecule has 0 bridgehead atoms. The molecule has 0 heterocycles. The second-order valence-corrected chi connectivity index (χ2v) is 6.72. The van der Waals surface area contributed by atoms with Gasteiger partial charge in [0.2, 0.25) is 0 Å². The Balaban J connectivity index is 2.02. The van der Waals surface area contributed by atoms with Crippen LogP contribution < -0.4 is 0 Å². The predicted octanol–water partition coefficient (Wildman–Crippen LogP) is 5.04. The van der Waals surface area contributed by atoms with E-state index in [1.54, 1.807) is 5.57 Å². The maximum Gasteiger partial charge on any atom is -0.00563 e. The summed E-state index contributed by atoms with van der Waals surface area (Å²) in [6.45, 7) is 11.4. The molecule has 0 nitrogen and oxygen atoms in total. The van der Waals surface area contributed by atoms with Crippen molar-refractivity contribution in [1.29, 1.82) is 0 Å². The molecular formula is C17H24. The largest absolute Gasteiger partial charge is 0.0955 e. The molecule has 0 spiro atoms. The predicted molar refractivity (Wildman–Crippen MR) is 73.8 cm³/mol. The number of rotatable bonds is 0. The van der Waals surface area contributed by atoms with Crippen LogP contribution in [0.3, 0.4) is 0 Å². The second-order valence-electron chi connectivity index (χ2n) is 6.72. The Labute approximate surface area is 105 Å². The van der Waals surface area contributed by atoms with E-state index in [1.807, 2.05) is 11.1 Å². The Morgan fingerprint density at radius 1 is 1.24 bits per heavy atom. The van der Waals surface area contributed by atoms with Crippen molar-refractivity contribution < 1.29 is 0 Å². The fraction of sp³-hybridized carbons (Fsp3) is 0.647. The van der Waals surface area contributed by atoms with Crippen LogP contribution >= 0.6 is 0 Å². The lowest BCUT2D eigenvalue weighted by Gasteiger charge is -2.35. The lowest BCUT2D eigenvalue weighted by Crippen LogP contribution is -2.23. The second kappa shape index (κ2) is 3.60. The maximum atomic E-state index is 4.28. The average Bonchev–Trinajstić information content (AvgIpc) is 2.71. The molecule has 0 saturated heterocycles. The van der Waals surface area contributed by atoms with Gasteiger partial charge in [-0.3, -0.25) is 0 Å². The SMILES string of the molecule is C=C1CC2C3=C(CCCC3(C)C)CC2/C1=C\C. The van der Waals surface area contributed by atoms with Crippen molar-refractivity contribution in [3.05, 3.63) is 34.9 Å². The van der Waals surface area contributed by atoms with E-state index in [1.165, 1.54) is 37.7 Å². The van der Waals surface area contributed by atoms with Crippen LogP contribution in [0, 0.1) is 17.3 Å². The van der Waals surface area contributed by atoms with E-state index in [2.05, 4.69) is 33.4 Å². The van der Waals surface area contributed by atoms with Crippen LogP contribution in [0.25, 0.3) is 0 Å². The van der Waals surface area contributed by atoms with E-state index < -0.39 is 0 Å². The molecule has 1 saturated carbocycles. The van der Waals surface area contributed by atoms with Gasteiger partial charge < -0.3 is 0 Å². The Morgan fingerprint density at radius 3 is 2.71 bits per heavy atom. The topological polar surface area (TPSA) is 0 Å². The Bertz CT molecular complexity index is 431. The third-order valence-corrected chi connectivity index (χ3v) is 5.30. The minimum absolute atomic E-state index is 0.455. The third kappa shape index (κ3) is 1.49. The highest BCUT2D eigenvalue weighted by molar-refractivity contribution is 5.47. The van der Waals surface area contributed by atoms with Gasteiger partial charge in [-0.15, -0.1) is 0 Å². The van der Waals surface area contributed by atoms with Crippen LogP contribution in [0.2, 0.25) is 0 Å². The third-order valence-electron chi connectivity index (χ3n) is 5.30. The summed E-state index contributed by atoms with van der Waals surface area (Å²) >= 11 is 0. The summed E-state index contributed by atoms with van der Waals surface area (Å²) in [5.41, 5.74) is 7.07. The standard InChI is InChI=1S/C17H24/c1-5-13-11(2)9-15-14(13)10-12-7-6-8-17(3,4)16(12)15/h5,14-15H,2,6-10H2,1,3-4H3/b13-5-. The van der Waals surface area contributed by atoms with Gasteiger partial charge in [0.15, 0.2) is 0 Å². The van der Waals surface area contributed by atoms with E-state index in [9.17, 15) is 0 Å². The summed E-state index contributed by atoms with van der Waals surface area (Å²) in [7, 11) is 0. The van der Waals surface area contributed by atoms with Gasteiger partial charge in [-0.25, -0.2) is 0 Å². The fourth-order valence-corrected chi connectivity index (χ4v) is 4.71. The summed E-state index contributed by atoms with van der Waals surface area (Å²) in [6, 6.07) is 0. The monoisotopic (exact) mass is 228 g/mol. The van der Waals surface area contributed by atoms with Gasteiger partial charge in [0.05, 0.1) is 0 Å². The molecule has 0 aromatic carbocycles. The number of allylic oxidation sites excluding steroid dienone is 5. The van der Waals surface area contributed by atoms with Crippen LogP contribution in [0.4, 0.5) is 0 Å². The summed E-state index contributed by atoms with van der Waals surface area (Å²) in [6.07, 6.45) is 9.03. The molecule has 0 aromatic rings. The maximum absolute atomic E-state index is 4.28. The molecule has 0 heteroatoms. The van der Waals surface area contributed by atoms with Gasteiger partial charge in [0, 0.05) is 0 Å². The number of fused-ring (bicyclic) bond motifs is 2. The van der Waals surface area contributed by atoms with Crippen molar-refractivity contribution in [2.45, 2.75) is 52.9 Å². The Hall–Kier alpha value is -0.780. The van der Waals surface area contributed by atoms with Crippen molar-refractivity contribution in [3.63, 3.8) is 0 Å². The van der Waals surface area contributed by atoms with Gasteiger partial charge >= 0.3 is 0 Å². The van der Waals surface area contributed by atoms with Crippen LogP contribution in [0.1, 0.15) is 52.9 Å². The van der Waals surface area contributed by atoms with Gasteiger partial charge in [-0.05, 0) is 61.9 Å². The van der Waals surface area contributed by atoms with Crippen molar-refractivity contribution in [3.8, 4) is 0 Å². The first-order valence-electron chi connectivity index (χ1n) is 7.11. The van der Waals surface area contributed by atoms with E-state index in [4.69, 9.17) is 0 Å². The summed E-state index contributed by atoms with van der Waals surface area (Å²) in [5, 5.41) is 0. The molecule has 2 unspecified atom stereocenters. The Morgan fingerprint density at radius 2 is 2.00 bits per heavy atom. The van der Waals surface area contributed by atoms with E-state index in [0.29, 0.717) is 5.41 Å². The first-order chi connectivity index (χ1) is 8.04. The minimum Gasteiger partial charge on any atom is -0.0955 e. The molecule has 0 aromatic heterocycles. The van der Waals surface area contributed by atoms with Crippen molar-refractivity contribution >= 4 is 0 Å². The van der Waals surface area contributed by atoms with Crippen LogP contribution in [-0.4, -0.2) is 0 Å². The molecule has 0 N–H and O–H groups in total. The summed E-state index contributed by atoms with van der Waals surface area (Å²) in [4.78, 5) is 0. The van der Waals surface area contributed by atoms with Crippen LogP contribution in [-0.2, 0) is 0 Å². The van der Waals surface area contributed by atoms with Crippen LogP contribution in [0.15, 0.2) is 34.9 Å². The first kappa shape index (κ1) is 11.3. The zero-order valence-electron chi connectivity index (χ0n) is 11.5. The molecule has 3 aliphatic rings. The van der Waals surface area contributed by atoms with E-state index >= 15 is 0 Å². The molecule has 3 aliphatic carbocycles. The van der Waals surface area contributed by atoms with Crippen molar-refractivity contribution in [2.24, 2.45) is 17.3 Å². The van der Waals surface area contributed by atoms with Gasteiger partial charge in [-0.2, -0.15) is 0 Å². The zero-order valence-corrected chi connectivity index (χ0v) is 11.5. The lowest BCUT2D eigenvalue weighted by atomic mass is 9.70. The van der Waals surface area contributed by atoms with Gasteiger partial charge in [-0.1, -0.05) is 43.2 Å². The highest BCUT2D eigenvalue weighted by Crippen LogP contribution is 2.60. The number of hydrogen-bond donors (Lipinski definition) is 0. The molecule has 0 radical (unpaired) electrons. The fourth-order valence-electron chi connectivity index (χ4n) is 4.71. The van der Waals surface area contributed by atoms with E-state index in [-0.39, 0.29) is 0 Å². The molecule has 2 atom stereocenters. The highest BCUT2D eigenvalue weighted by atomic mass is 14.5. The quantitative estimate of drug-likeness (QED) is 0.510. The normalized spacial score (nSPS) is 37.6. The summed E-state index contributed by atoms with van der Waals surface area (Å²) in [5.74, 6) is 1.59. The first-order valence-corrected chi connectivity index (χ1v) is 7.11. The van der Waals surface area contributed by atoms with Gasteiger partial charge in [0.25, 0.3) is 0 Å². The Kier molecular flexibility index (Phi) is 2.40. The molecule has 92 valence electrons. The van der Waals surface area contributed by atoms with Gasteiger partial charge in [0.1, 0.15) is 0 Å². The van der Waals surface area contributed by atoms with Crippen LogP contribution in [0.5, 0.6) is 0 Å². The molecule has 1 fully saturated rings. The lowest BCUT2D eigenvalue weighted by molar-refractivity contribution is 0.331. The number of hydrogen-bond acceptors (Lipinski definition) is 0. The minimum atomic E-state index is 0.455. The summed E-state index contributed by atoms with van der Waals surface area (Å²) < 4.78 is 0. The molecule has 17 heavy (non-hydrogen) atoms. The van der Waals surface area contributed by atoms with Crippen molar-refractivity contribution in [1.82, 2.24) is 0 Å². The zero-order chi connectivity index (χ0) is 12.2. The smallest absolute Gasteiger partial charge is 0.00563 e. The molecule has 3 rings (SSSR count). The van der Waals surface area contributed by atoms with E-state index in [0.717, 1.165) is 11.8 Å². The van der Waals surface area contributed by atoms with Crippen molar-refractivity contribution in [2.75, 3.05) is 0 Å².